The minimum Gasteiger partial charge on any atom is -0.494 e. The summed E-state index contributed by atoms with van der Waals surface area (Å²) in [4.78, 5) is 29.8. The Morgan fingerprint density at radius 1 is 0.667 bits per heavy atom. The van der Waals surface area contributed by atoms with Crippen molar-refractivity contribution < 1.29 is 14.3 Å². The summed E-state index contributed by atoms with van der Waals surface area (Å²) < 4.78 is 14.7. The molecule has 4 aromatic rings. The molecular weight excluding hydrogens is 957 g/mol. The van der Waals surface area contributed by atoms with Gasteiger partial charge >= 0.3 is 5.97 Å². The number of fused-ring (bicyclic) bond motifs is 8. The lowest BCUT2D eigenvalue weighted by Crippen LogP contribution is -2.22. The Bertz CT molecular complexity index is 1960. The normalized spacial score (nSPS) is 12.5. The summed E-state index contributed by atoms with van der Waals surface area (Å²) in [7, 11) is -1.24. The first-order chi connectivity index (χ1) is 23.1. The minimum atomic E-state index is -1.24. The number of unbranched alkanes of at least 4 members (excludes halogenated alkanes) is 2. The summed E-state index contributed by atoms with van der Waals surface area (Å²) in [6.45, 7) is 7.91. The molecule has 7 nitrogen and oxygen atoms in total. The van der Waals surface area contributed by atoms with Crippen molar-refractivity contribution in [3.63, 3.8) is 0 Å². The second-order valence-electron chi connectivity index (χ2n) is 13.1. The van der Waals surface area contributed by atoms with E-state index in [2.05, 4.69) is 146 Å². The third kappa shape index (κ3) is 8.61. The fraction of sp³-hybridized carbons (Fsp3) is 0.270. The lowest BCUT2D eigenvalue weighted by atomic mass is 10.0. The summed E-state index contributed by atoms with van der Waals surface area (Å²) in [6, 6.07) is 16.7. The molecule has 1 aromatic carbocycles. The van der Waals surface area contributed by atoms with Crippen LogP contribution in [0.4, 0.5) is 0 Å². The van der Waals surface area contributed by atoms with Crippen molar-refractivity contribution in [1.82, 2.24) is 19.9 Å². The van der Waals surface area contributed by atoms with Crippen LogP contribution in [0.1, 0.15) is 58.0 Å². The number of nitrogens with one attached hydrogen (secondary N) is 2. The van der Waals surface area contributed by atoms with E-state index in [1.165, 1.54) is 0 Å². The van der Waals surface area contributed by atoms with Crippen molar-refractivity contribution in [2.75, 3.05) is 13.2 Å². The van der Waals surface area contributed by atoms with Gasteiger partial charge in [0.2, 0.25) is 0 Å². The number of aromatic amines is 2. The molecule has 2 aliphatic rings. The minimum absolute atomic E-state index is 0.274. The van der Waals surface area contributed by atoms with Gasteiger partial charge in [-0.2, -0.15) is 0 Å². The Balaban J connectivity index is 1.16. The van der Waals surface area contributed by atoms with E-state index < -0.39 is 8.07 Å². The number of carbonyl (C=O) groups excluding carboxylic acids is 1. The molecule has 0 fully saturated rings. The first-order valence-electron chi connectivity index (χ1n) is 16.1. The van der Waals surface area contributed by atoms with Crippen LogP contribution >= 0.6 is 67.8 Å². The van der Waals surface area contributed by atoms with Crippen LogP contribution in [-0.2, 0) is 11.2 Å². The number of aromatic nitrogens is 4. The van der Waals surface area contributed by atoms with Gasteiger partial charge in [0, 0.05) is 13.6 Å². The Morgan fingerprint density at radius 3 is 1.73 bits per heavy atom. The van der Waals surface area contributed by atoms with E-state index in [9.17, 15) is 4.79 Å². The van der Waals surface area contributed by atoms with Crippen LogP contribution in [0.25, 0.3) is 46.4 Å². The number of H-pyrrole nitrogens is 2. The number of nitrogens with zero attached hydrogens (tertiary/aromatic N) is 2. The van der Waals surface area contributed by atoms with E-state index in [0.717, 1.165) is 98.6 Å². The van der Waals surface area contributed by atoms with Crippen molar-refractivity contribution in [3.8, 4) is 5.75 Å². The maximum atomic E-state index is 12.4. The maximum absolute atomic E-state index is 12.4. The van der Waals surface area contributed by atoms with Gasteiger partial charge in [-0.25, -0.2) is 14.8 Å². The zero-order valence-corrected chi connectivity index (χ0v) is 34.6. The van der Waals surface area contributed by atoms with Gasteiger partial charge < -0.3 is 19.4 Å². The van der Waals surface area contributed by atoms with Crippen molar-refractivity contribution in [1.29, 1.82) is 0 Å². The molecule has 48 heavy (non-hydrogen) atoms. The van der Waals surface area contributed by atoms with E-state index in [0.29, 0.717) is 18.8 Å². The summed E-state index contributed by atoms with van der Waals surface area (Å²) in [5.74, 6) is 0.486. The zero-order valence-electron chi connectivity index (χ0n) is 27.1. The fourth-order valence-corrected chi connectivity index (χ4v) is 7.98. The van der Waals surface area contributed by atoms with Gasteiger partial charge in [0.15, 0.2) is 0 Å². The molecule has 6 rings (SSSR count). The molecule has 8 bridgehead atoms. The number of benzene rings is 1. The molecule has 0 radical (unpaired) electrons. The molecule has 0 unspecified atom stereocenters. The summed E-state index contributed by atoms with van der Waals surface area (Å²) in [5.41, 5.74) is 9.78. The molecular formula is C37H37I3N4O3Si. The van der Waals surface area contributed by atoms with E-state index in [1.54, 1.807) is 12.1 Å². The molecule has 0 saturated heterocycles. The smallest absolute Gasteiger partial charge is 0.338 e. The molecule has 0 spiro atoms. The molecule has 5 heterocycles. The van der Waals surface area contributed by atoms with Crippen molar-refractivity contribution in [2.45, 2.75) is 51.4 Å². The molecule has 0 aliphatic carbocycles. The number of esters is 1. The fourth-order valence-electron chi connectivity index (χ4n) is 5.41. The van der Waals surface area contributed by atoms with E-state index in [1.807, 2.05) is 12.1 Å². The van der Waals surface area contributed by atoms with Crippen LogP contribution in [0.15, 0.2) is 48.5 Å². The molecule has 248 valence electrons. The van der Waals surface area contributed by atoms with Crippen LogP contribution in [-0.4, -0.2) is 47.2 Å². The Hall–Kier alpha value is -2.50. The van der Waals surface area contributed by atoms with Crippen LogP contribution in [0, 0.1) is 10.7 Å². The van der Waals surface area contributed by atoms with Gasteiger partial charge in [0.1, 0.15) is 5.75 Å². The second-order valence-corrected chi connectivity index (χ2v) is 21.9. The monoisotopic (exact) mass is 994 g/mol. The average Bonchev–Trinajstić information content (AvgIpc) is 3.89. The quantitative estimate of drug-likeness (QED) is 0.0584. The van der Waals surface area contributed by atoms with E-state index >= 15 is 0 Å². The SMILES string of the molecule is C[Si](C)(C)CCOC(=O)c1ccc(OCCCCCc2c3nc(c(I)c4ccc([nH]4)c(I)c4ccc([nH]4)c(I)c4nc2C=C4)C=C3)cc1. The third-order valence-corrected chi connectivity index (χ3v) is 13.3. The van der Waals surface area contributed by atoms with Gasteiger partial charge in [0.05, 0.1) is 74.3 Å². The predicted molar refractivity (Wildman–Crippen MR) is 225 cm³/mol. The highest BCUT2D eigenvalue weighted by Crippen LogP contribution is 2.29. The van der Waals surface area contributed by atoms with E-state index in [4.69, 9.17) is 19.4 Å². The number of hydrogen-bond acceptors (Lipinski definition) is 5. The van der Waals surface area contributed by atoms with Gasteiger partial charge in [-0.1, -0.05) is 19.6 Å². The highest BCUT2D eigenvalue weighted by molar-refractivity contribution is 14.1. The van der Waals surface area contributed by atoms with Crippen LogP contribution in [0.3, 0.4) is 0 Å². The Morgan fingerprint density at radius 2 is 1.19 bits per heavy atom. The van der Waals surface area contributed by atoms with Crippen LogP contribution in [0.5, 0.6) is 5.75 Å². The average molecular weight is 995 g/mol. The van der Waals surface area contributed by atoms with Crippen molar-refractivity contribution >= 4 is 128 Å². The third-order valence-electron chi connectivity index (χ3n) is 8.18. The molecule has 3 aromatic heterocycles. The molecule has 0 saturated carbocycles. The number of halogens is 3. The van der Waals surface area contributed by atoms with Gasteiger partial charge in [-0.15, -0.1) is 0 Å². The van der Waals surface area contributed by atoms with Gasteiger partial charge in [-0.05, 0) is 172 Å². The molecule has 0 atom stereocenters. The topological polar surface area (TPSA) is 92.9 Å². The summed E-state index contributed by atoms with van der Waals surface area (Å²) in [6.07, 6.45) is 12.2. The Kier molecular flexibility index (Phi) is 11.5. The highest BCUT2D eigenvalue weighted by atomic mass is 127. The number of rotatable bonds is 11. The molecule has 0 amide bonds. The zero-order chi connectivity index (χ0) is 33.8. The van der Waals surface area contributed by atoms with E-state index in [-0.39, 0.29) is 5.97 Å². The van der Waals surface area contributed by atoms with Crippen molar-refractivity contribution in [3.05, 3.63) is 93.1 Å². The van der Waals surface area contributed by atoms with Crippen LogP contribution < -0.4 is 4.74 Å². The van der Waals surface area contributed by atoms with Crippen LogP contribution in [0.2, 0.25) is 25.7 Å². The van der Waals surface area contributed by atoms with Gasteiger partial charge in [0.25, 0.3) is 0 Å². The van der Waals surface area contributed by atoms with Gasteiger partial charge in [-0.3, -0.25) is 0 Å². The standard InChI is InChI=1S/C37H37I3N4O3Si/c1-48(2,3)22-21-47-37(45)23-8-10-24(11-9-23)46-20-6-4-5-7-25-26-12-14-28(41-26)34(38)30-16-18-32(43-30)36(40)33-19-17-31(44-33)35(39)29-15-13-27(25)42-29/h8-19,43-44H,4-7,20-22H2,1-3H3. The molecule has 2 aliphatic heterocycles. The highest BCUT2D eigenvalue weighted by Gasteiger charge is 2.16. The second kappa shape index (κ2) is 15.6. The lowest BCUT2D eigenvalue weighted by molar-refractivity contribution is 0.0525. The number of ether oxygens (including phenoxy) is 2. The number of hydrogen-bond donors (Lipinski definition) is 2. The van der Waals surface area contributed by atoms with Crippen molar-refractivity contribution in [2.24, 2.45) is 0 Å². The Labute approximate surface area is 322 Å². The maximum Gasteiger partial charge on any atom is 0.338 e. The molecule has 2 N–H and O–H groups in total. The predicted octanol–water partition coefficient (Wildman–Crippen LogP) is 10.8. The summed E-state index contributed by atoms with van der Waals surface area (Å²) >= 11 is 7.18. The lowest BCUT2D eigenvalue weighted by Gasteiger charge is -2.15. The molecule has 11 heteroatoms. The first-order valence-corrected chi connectivity index (χ1v) is 23.0. The first kappa shape index (κ1) is 35.3. The number of carbonyl (C=O) groups is 1. The summed E-state index contributed by atoms with van der Waals surface area (Å²) in [5, 5.41) is 0. The largest absolute Gasteiger partial charge is 0.494 e.